The molecule has 10 heteroatoms. The van der Waals surface area contributed by atoms with Crippen LogP contribution in [0, 0.1) is 0 Å². The van der Waals surface area contributed by atoms with Gasteiger partial charge in [-0.25, -0.2) is 9.50 Å². The molecule has 0 saturated carbocycles. The number of alkyl halides is 3. The maximum Gasteiger partial charge on any atom is 0.433 e. The molecule has 2 aromatic carbocycles. The van der Waals surface area contributed by atoms with Crippen molar-refractivity contribution < 1.29 is 23.1 Å². The fraction of sp³-hybridized carbons (Fsp3) is 0.174. The molecule has 2 heterocycles. The summed E-state index contributed by atoms with van der Waals surface area (Å²) in [5, 5.41) is 16.4. The Kier molecular flexibility index (Phi) is 5.75. The molecule has 0 unspecified atom stereocenters. The van der Waals surface area contributed by atoms with Crippen molar-refractivity contribution in [1.29, 1.82) is 0 Å². The van der Waals surface area contributed by atoms with Crippen LogP contribution >= 0.6 is 11.6 Å². The predicted molar refractivity (Wildman–Crippen MR) is 119 cm³/mol. The zero-order valence-corrected chi connectivity index (χ0v) is 18.2. The van der Waals surface area contributed by atoms with E-state index in [1.54, 1.807) is 12.1 Å². The van der Waals surface area contributed by atoms with Crippen LogP contribution in [0.3, 0.4) is 0 Å². The van der Waals surface area contributed by atoms with Crippen LogP contribution in [0.5, 0.6) is 5.75 Å². The van der Waals surface area contributed by atoms with E-state index in [0.717, 1.165) is 17.8 Å². The van der Waals surface area contributed by atoms with Crippen molar-refractivity contribution in [3.63, 3.8) is 0 Å². The summed E-state index contributed by atoms with van der Waals surface area (Å²) < 4.78 is 42.0. The van der Waals surface area contributed by atoms with Gasteiger partial charge in [-0.3, -0.25) is 4.79 Å². The van der Waals surface area contributed by atoms with E-state index in [1.807, 2.05) is 26.0 Å². The van der Waals surface area contributed by atoms with Crippen molar-refractivity contribution in [2.24, 2.45) is 0 Å². The van der Waals surface area contributed by atoms with Gasteiger partial charge in [0.15, 0.2) is 11.3 Å². The van der Waals surface area contributed by atoms with E-state index < -0.39 is 17.8 Å². The van der Waals surface area contributed by atoms with Gasteiger partial charge >= 0.3 is 6.18 Å². The number of amides is 1. The molecule has 0 spiro atoms. The summed E-state index contributed by atoms with van der Waals surface area (Å²) in [6.07, 6.45) is -3.74. The minimum Gasteiger partial charge on any atom is -0.506 e. The fourth-order valence-corrected chi connectivity index (χ4v) is 3.48. The second-order valence-electron chi connectivity index (χ2n) is 7.71. The third-order valence-corrected chi connectivity index (χ3v) is 5.32. The SMILES string of the molecule is CC(C)c1ccc(-c2cc(C(F)(F)F)n3ncc(C(=O)Nc4cc(Cl)ccc4O)c3n2)cc1. The van der Waals surface area contributed by atoms with E-state index in [-0.39, 0.29) is 39.3 Å². The Morgan fingerprint density at radius 2 is 1.82 bits per heavy atom. The molecule has 0 bridgehead atoms. The number of halogens is 4. The van der Waals surface area contributed by atoms with E-state index >= 15 is 0 Å². The van der Waals surface area contributed by atoms with E-state index in [0.29, 0.717) is 10.1 Å². The second-order valence-corrected chi connectivity index (χ2v) is 8.15. The lowest BCUT2D eigenvalue weighted by Crippen LogP contribution is -2.16. The molecule has 0 fully saturated rings. The molecule has 2 N–H and O–H groups in total. The van der Waals surface area contributed by atoms with Crippen molar-refractivity contribution in [3.8, 4) is 17.0 Å². The first-order chi connectivity index (χ1) is 15.5. The first-order valence-electron chi connectivity index (χ1n) is 9.91. The molecule has 0 saturated heterocycles. The van der Waals surface area contributed by atoms with Crippen molar-refractivity contribution in [2.45, 2.75) is 25.9 Å². The van der Waals surface area contributed by atoms with Gasteiger partial charge in [0.05, 0.1) is 17.6 Å². The highest BCUT2D eigenvalue weighted by Crippen LogP contribution is 2.33. The number of phenolic OH excluding ortho intramolecular Hbond substituents is 1. The molecule has 0 aliphatic heterocycles. The van der Waals surface area contributed by atoms with Gasteiger partial charge in [-0.15, -0.1) is 0 Å². The van der Waals surface area contributed by atoms with Crippen LogP contribution in [0.1, 0.15) is 41.4 Å². The maximum atomic E-state index is 13.8. The Bertz CT molecular complexity index is 1350. The molecule has 6 nitrogen and oxygen atoms in total. The standard InChI is InChI=1S/C23H18ClF3N4O2/c1-12(2)13-3-5-14(6-4-13)17-10-20(23(25,26)27)31-21(29-17)16(11-28-31)22(33)30-18-9-15(24)7-8-19(18)32/h3-12,32H,1-2H3,(H,30,33). The first-order valence-corrected chi connectivity index (χ1v) is 10.3. The molecule has 0 aliphatic rings. The highest BCUT2D eigenvalue weighted by Gasteiger charge is 2.36. The number of hydrogen-bond donors (Lipinski definition) is 2. The van der Waals surface area contributed by atoms with Crippen LogP contribution in [0.2, 0.25) is 5.02 Å². The summed E-state index contributed by atoms with van der Waals surface area (Å²) in [6, 6.07) is 12.0. The number of anilines is 1. The zero-order valence-electron chi connectivity index (χ0n) is 17.5. The smallest absolute Gasteiger partial charge is 0.433 e. The van der Waals surface area contributed by atoms with Crippen LogP contribution in [0.25, 0.3) is 16.9 Å². The lowest BCUT2D eigenvalue weighted by Gasteiger charge is -2.12. The molecule has 0 aliphatic carbocycles. The number of hydrogen-bond acceptors (Lipinski definition) is 4. The Hall–Kier alpha value is -3.59. The van der Waals surface area contributed by atoms with Gasteiger partial charge in [0.25, 0.3) is 5.91 Å². The minimum atomic E-state index is -4.74. The fourth-order valence-electron chi connectivity index (χ4n) is 3.31. The number of aromatic nitrogens is 3. The number of benzene rings is 2. The highest BCUT2D eigenvalue weighted by molar-refractivity contribution is 6.31. The normalized spacial score (nSPS) is 11.8. The number of rotatable bonds is 4. The van der Waals surface area contributed by atoms with Gasteiger partial charge in [-0.2, -0.15) is 18.3 Å². The molecular weight excluding hydrogens is 457 g/mol. The summed E-state index contributed by atoms with van der Waals surface area (Å²) in [4.78, 5) is 17.1. The number of carbonyl (C=O) groups excluding carboxylic acids is 1. The highest BCUT2D eigenvalue weighted by atomic mass is 35.5. The average molecular weight is 475 g/mol. The summed E-state index contributed by atoms with van der Waals surface area (Å²) in [5.41, 5.74) is 0.00932. The third-order valence-electron chi connectivity index (χ3n) is 5.09. The Labute approximate surface area is 191 Å². The lowest BCUT2D eigenvalue weighted by molar-refractivity contribution is -0.142. The molecular formula is C23H18ClF3N4O2. The molecule has 2 aromatic heterocycles. The third kappa shape index (κ3) is 4.49. The van der Waals surface area contributed by atoms with E-state index in [9.17, 15) is 23.1 Å². The van der Waals surface area contributed by atoms with Crippen LogP contribution < -0.4 is 5.32 Å². The summed E-state index contributed by atoms with van der Waals surface area (Å²) in [5.74, 6) is -0.789. The van der Waals surface area contributed by atoms with Gasteiger partial charge in [0, 0.05) is 10.6 Å². The topological polar surface area (TPSA) is 79.5 Å². The number of nitrogens with one attached hydrogen (secondary N) is 1. The van der Waals surface area contributed by atoms with Gasteiger partial charge in [-0.05, 0) is 35.7 Å². The molecule has 33 heavy (non-hydrogen) atoms. The second kappa shape index (κ2) is 8.40. The molecule has 0 radical (unpaired) electrons. The Morgan fingerprint density at radius 1 is 1.12 bits per heavy atom. The lowest BCUT2D eigenvalue weighted by atomic mass is 10.0. The molecule has 1 amide bonds. The van der Waals surface area contributed by atoms with Crippen molar-refractivity contribution in [2.75, 3.05) is 5.32 Å². The van der Waals surface area contributed by atoms with Gasteiger partial charge < -0.3 is 10.4 Å². The van der Waals surface area contributed by atoms with Crippen LogP contribution in [0.15, 0.2) is 54.7 Å². The first kappa shape index (κ1) is 22.6. The Morgan fingerprint density at radius 3 is 2.45 bits per heavy atom. The van der Waals surface area contributed by atoms with Gasteiger partial charge in [0.1, 0.15) is 11.3 Å². The molecule has 4 aromatic rings. The number of fused-ring (bicyclic) bond motifs is 1. The Balaban J connectivity index is 1.83. The average Bonchev–Trinajstić information content (AvgIpc) is 3.19. The number of phenols is 1. The van der Waals surface area contributed by atoms with E-state index in [2.05, 4.69) is 15.4 Å². The van der Waals surface area contributed by atoms with Crippen LogP contribution in [-0.4, -0.2) is 25.6 Å². The zero-order chi connectivity index (χ0) is 23.9. The molecule has 170 valence electrons. The van der Waals surface area contributed by atoms with E-state index in [1.165, 1.54) is 18.2 Å². The van der Waals surface area contributed by atoms with Crippen LogP contribution in [-0.2, 0) is 6.18 Å². The predicted octanol–water partition coefficient (Wildman–Crippen LogP) is 6.15. The summed E-state index contributed by atoms with van der Waals surface area (Å²) in [6.45, 7) is 4.02. The van der Waals surface area contributed by atoms with E-state index in [4.69, 9.17) is 11.6 Å². The monoisotopic (exact) mass is 474 g/mol. The van der Waals surface area contributed by atoms with Crippen molar-refractivity contribution in [1.82, 2.24) is 14.6 Å². The van der Waals surface area contributed by atoms with Crippen molar-refractivity contribution in [3.05, 3.63) is 76.6 Å². The maximum absolute atomic E-state index is 13.8. The largest absolute Gasteiger partial charge is 0.506 e. The van der Waals surface area contributed by atoms with Gasteiger partial charge in [-0.1, -0.05) is 49.7 Å². The number of nitrogens with zero attached hydrogens (tertiary/aromatic N) is 3. The minimum absolute atomic E-state index is 0.00308. The molecule has 0 atom stereocenters. The number of carbonyl (C=O) groups is 1. The molecule has 4 rings (SSSR count). The van der Waals surface area contributed by atoms with Gasteiger partial charge in [0.2, 0.25) is 0 Å². The summed E-state index contributed by atoms with van der Waals surface area (Å²) in [7, 11) is 0. The van der Waals surface area contributed by atoms with Crippen LogP contribution in [0.4, 0.5) is 18.9 Å². The number of aromatic hydroxyl groups is 1. The van der Waals surface area contributed by atoms with Crippen molar-refractivity contribution >= 4 is 28.8 Å². The summed E-state index contributed by atoms with van der Waals surface area (Å²) >= 11 is 5.89. The quantitative estimate of drug-likeness (QED) is 0.348.